The normalized spacial score (nSPS) is 11.3. The Hall–Kier alpha value is -2.65. The molecule has 0 bridgehead atoms. The SMILES string of the molecule is Cn1c(=O)c2c(nc(NCCO)n2Cc2cccc(Cl)c2F)n(C)c1=O. The number of aliphatic hydroxyl groups excluding tert-OH is 1. The summed E-state index contributed by atoms with van der Waals surface area (Å²) in [5.41, 5.74) is -0.486. The minimum absolute atomic E-state index is 0.0237. The third-order valence-corrected chi connectivity index (χ3v) is 4.39. The highest BCUT2D eigenvalue weighted by molar-refractivity contribution is 6.30. The van der Waals surface area contributed by atoms with Crippen molar-refractivity contribution < 1.29 is 9.50 Å². The van der Waals surface area contributed by atoms with E-state index < -0.39 is 17.1 Å². The number of imidazole rings is 1. The monoisotopic (exact) mass is 381 g/mol. The lowest BCUT2D eigenvalue weighted by molar-refractivity contribution is 0.310. The van der Waals surface area contributed by atoms with Gasteiger partial charge in [0, 0.05) is 26.2 Å². The summed E-state index contributed by atoms with van der Waals surface area (Å²) < 4.78 is 18.0. The van der Waals surface area contributed by atoms with Crippen LogP contribution in [0.4, 0.5) is 10.3 Å². The number of rotatable bonds is 5. The van der Waals surface area contributed by atoms with Gasteiger partial charge in [0.1, 0.15) is 5.82 Å². The number of nitrogens with zero attached hydrogens (tertiary/aromatic N) is 4. The largest absolute Gasteiger partial charge is 0.395 e. The first kappa shape index (κ1) is 18.2. The van der Waals surface area contributed by atoms with Crippen LogP contribution in [0.25, 0.3) is 11.2 Å². The van der Waals surface area contributed by atoms with E-state index in [-0.39, 0.29) is 47.4 Å². The lowest BCUT2D eigenvalue weighted by atomic mass is 10.2. The Kier molecular flexibility index (Phi) is 4.84. The summed E-state index contributed by atoms with van der Waals surface area (Å²) in [5, 5.41) is 11.9. The fourth-order valence-electron chi connectivity index (χ4n) is 2.74. The molecule has 3 rings (SSSR count). The van der Waals surface area contributed by atoms with Crippen LogP contribution in [-0.4, -0.2) is 36.9 Å². The molecule has 138 valence electrons. The van der Waals surface area contributed by atoms with Gasteiger partial charge in [-0.2, -0.15) is 4.98 Å². The molecule has 0 aliphatic heterocycles. The van der Waals surface area contributed by atoms with Gasteiger partial charge in [-0.15, -0.1) is 0 Å². The summed E-state index contributed by atoms with van der Waals surface area (Å²) in [4.78, 5) is 29.1. The van der Waals surface area contributed by atoms with Crippen molar-refractivity contribution in [1.29, 1.82) is 0 Å². The molecule has 2 heterocycles. The number of hydrogen-bond donors (Lipinski definition) is 2. The molecule has 0 spiro atoms. The first-order valence-electron chi connectivity index (χ1n) is 7.80. The van der Waals surface area contributed by atoms with Crippen LogP contribution in [0.15, 0.2) is 27.8 Å². The zero-order valence-corrected chi connectivity index (χ0v) is 14.9. The number of aromatic nitrogens is 4. The van der Waals surface area contributed by atoms with Crippen molar-refractivity contribution in [3.63, 3.8) is 0 Å². The van der Waals surface area contributed by atoms with Crippen molar-refractivity contribution in [3.05, 3.63) is 55.4 Å². The van der Waals surface area contributed by atoms with E-state index in [1.54, 1.807) is 12.1 Å². The van der Waals surface area contributed by atoms with Gasteiger partial charge in [0.2, 0.25) is 5.95 Å². The lowest BCUT2D eigenvalue weighted by Gasteiger charge is -2.11. The highest BCUT2D eigenvalue weighted by Gasteiger charge is 2.20. The molecule has 2 N–H and O–H groups in total. The molecule has 3 aromatic rings. The summed E-state index contributed by atoms with van der Waals surface area (Å²) in [6, 6.07) is 4.59. The smallest absolute Gasteiger partial charge is 0.332 e. The van der Waals surface area contributed by atoms with Crippen LogP contribution in [0.5, 0.6) is 0 Å². The quantitative estimate of drug-likeness (QED) is 0.677. The summed E-state index contributed by atoms with van der Waals surface area (Å²) in [6.07, 6.45) is 0. The second-order valence-corrected chi connectivity index (χ2v) is 6.17. The fraction of sp³-hybridized carbons (Fsp3) is 0.312. The molecule has 2 aromatic heterocycles. The second kappa shape index (κ2) is 6.93. The maximum atomic E-state index is 14.3. The van der Waals surface area contributed by atoms with E-state index in [1.807, 2.05) is 0 Å². The minimum Gasteiger partial charge on any atom is -0.395 e. The number of nitrogens with one attached hydrogen (secondary N) is 1. The number of halogens is 2. The molecule has 0 unspecified atom stereocenters. The highest BCUT2D eigenvalue weighted by Crippen LogP contribution is 2.22. The van der Waals surface area contributed by atoms with Gasteiger partial charge < -0.3 is 10.4 Å². The van der Waals surface area contributed by atoms with E-state index in [2.05, 4.69) is 10.3 Å². The van der Waals surface area contributed by atoms with Gasteiger partial charge in [0.05, 0.1) is 18.2 Å². The van der Waals surface area contributed by atoms with E-state index in [0.29, 0.717) is 0 Å². The topological polar surface area (TPSA) is 94.1 Å². The van der Waals surface area contributed by atoms with Gasteiger partial charge in [0.15, 0.2) is 11.2 Å². The molecule has 0 aliphatic carbocycles. The minimum atomic E-state index is -0.592. The lowest BCUT2D eigenvalue weighted by Crippen LogP contribution is -2.37. The van der Waals surface area contributed by atoms with E-state index in [4.69, 9.17) is 16.7 Å². The predicted octanol–water partition coefficient (Wildman–Crippen LogP) is 0.679. The summed E-state index contributed by atoms with van der Waals surface area (Å²) in [6.45, 7) is -0.00855. The Morgan fingerprint density at radius 1 is 1.27 bits per heavy atom. The van der Waals surface area contributed by atoms with Gasteiger partial charge in [0.25, 0.3) is 5.56 Å². The molecule has 8 nitrogen and oxygen atoms in total. The van der Waals surface area contributed by atoms with Crippen molar-refractivity contribution >= 4 is 28.7 Å². The molecule has 26 heavy (non-hydrogen) atoms. The maximum absolute atomic E-state index is 14.3. The molecule has 0 saturated carbocycles. The number of anilines is 1. The Morgan fingerprint density at radius 3 is 2.69 bits per heavy atom. The van der Waals surface area contributed by atoms with E-state index in [1.165, 1.54) is 29.3 Å². The summed E-state index contributed by atoms with van der Waals surface area (Å²) in [7, 11) is 2.86. The predicted molar refractivity (Wildman–Crippen MR) is 96.3 cm³/mol. The Labute approximate surface area is 152 Å². The highest BCUT2D eigenvalue weighted by atomic mass is 35.5. The van der Waals surface area contributed by atoms with Crippen LogP contribution in [-0.2, 0) is 20.6 Å². The molecule has 0 aliphatic rings. The average Bonchev–Trinajstić information content (AvgIpc) is 2.98. The number of aliphatic hydroxyl groups is 1. The van der Waals surface area contributed by atoms with Crippen molar-refractivity contribution in [2.75, 3.05) is 18.5 Å². The number of fused-ring (bicyclic) bond motifs is 1. The number of benzene rings is 1. The Bertz CT molecular complexity index is 1100. The van der Waals surface area contributed by atoms with Gasteiger partial charge in [-0.25, -0.2) is 9.18 Å². The van der Waals surface area contributed by atoms with Crippen molar-refractivity contribution in [1.82, 2.24) is 18.7 Å². The molecule has 0 fully saturated rings. The number of hydrogen-bond acceptors (Lipinski definition) is 5. The molecule has 0 amide bonds. The fourth-order valence-corrected chi connectivity index (χ4v) is 2.94. The van der Waals surface area contributed by atoms with Crippen LogP contribution < -0.4 is 16.6 Å². The van der Waals surface area contributed by atoms with Gasteiger partial charge >= 0.3 is 5.69 Å². The van der Waals surface area contributed by atoms with Crippen LogP contribution in [0, 0.1) is 5.82 Å². The standard InChI is InChI=1S/C16H17ClFN5O3/c1-21-13-12(14(25)22(2)16(21)26)23(15(20-13)19-6-7-24)8-9-4-3-5-10(17)11(9)18/h3-5,24H,6-8H2,1-2H3,(H,19,20). The van der Waals surface area contributed by atoms with Crippen molar-refractivity contribution in [2.45, 2.75) is 6.54 Å². The van der Waals surface area contributed by atoms with Gasteiger partial charge in [-0.05, 0) is 6.07 Å². The zero-order valence-electron chi connectivity index (χ0n) is 14.2. The zero-order chi connectivity index (χ0) is 19.0. The van der Waals surface area contributed by atoms with Crippen LogP contribution >= 0.6 is 11.6 Å². The third kappa shape index (κ3) is 2.89. The van der Waals surface area contributed by atoms with Crippen molar-refractivity contribution in [2.24, 2.45) is 14.1 Å². The molecule has 0 radical (unpaired) electrons. The first-order valence-corrected chi connectivity index (χ1v) is 8.18. The Morgan fingerprint density at radius 2 is 2.00 bits per heavy atom. The summed E-state index contributed by atoms with van der Waals surface area (Å²) in [5.74, 6) is -0.350. The first-order chi connectivity index (χ1) is 12.4. The van der Waals surface area contributed by atoms with Crippen LogP contribution in [0.2, 0.25) is 5.02 Å². The molecule has 10 heteroatoms. The number of aryl methyl sites for hydroxylation is 1. The Balaban J connectivity index is 2.29. The molecule has 1 aromatic carbocycles. The molecule has 0 atom stereocenters. The van der Waals surface area contributed by atoms with E-state index >= 15 is 0 Å². The van der Waals surface area contributed by atoms with Gasteiger partial charge in [-0.1, -0.05) is 23.7 Å². The van der Waals surface area contributed by atoms with Crippen molar-refractivity contribution in [3.8, 4) is 0 Å². The maximum Gasteiger partial charge on any atom is 0.332 e. The van der Waals surface area contributed by atoms with E-state index in [9.17, 15) is 14.0 Å². The van der Waals surface area contributed by atoms with Gasteiger partial charge in [-0.3, -0.25) is 18.5 Å². The van der Waals surface area contributed by atoms with Crippen LogP contribution in [0.3, 0.4) is 0 Å². The molecule has 0 saturated heterocycles. The second-order valence-electron chi connectivity index (χ2n) is 5.76. The molecular formula is C16H17ClFN5O3. The van der Waals surface area contributed by atoms with Crippen LogP contribution in [0.1, 0.15) is 5.56 Å². The third-order valence-electron chi connectivity index (χ3n) is 4.10. The average molecular weight is 382 g/mol. The summed E-state index contributed by atoms with van der Waals surface area (Å²) >= 11 is 5.84. The van der Waals surface area contributed by atoms with E-state index in [0.717, 1.165) is 4.57 Å². The molecular weight excluding hydrogens is 365 g/mol.